The van der Waals surface area contributed by atoms with E-state index in [0.29, 0.717) is 0 Å². The maximum absolute atomic E-state index is 12.9. The average Bonchev–Trinajstić information content (AvgIpc) is 2.64. The number of halogens is 6. The van der Waals surface area contributed by atoms with E-state index in [1.165, 1.54) is 6.07 Å². The van der Waals surface area contributed by atoms with Crippen molar-refractivity contribution in [1.29, 1.82) is 0 Å². The number of nitrogens with one attached hydrogen (secondary N) is 1. The first-order valence-corrected chi connectivity index (χ1v) is 7.74. The summed E-state index contributed by atoms with van der Waals surface area (Å²) in [7, 11) is 0. The molecule has 0 atom stereocenters. The number of hydrogen-bond acceptors (Lipinski definition) is 5. The predicted octanol–water partition coefficient (Wildman–Crippen LogP) is 3.84. The molecule has 1 aromatic heterocycles. The second-order valence-corrected chi connectivity index (χ2v) is 5.46. The second-order valence-electron chi connectivity index (χ2n) is 5.46. The van der Waals surface area contributed by atoms with Gasteiger partial charge in [-0.3, -0.25) is 4.79 Å². The number of ether oxygens (including phenoxy) is 2. The molecule has 2 aromatic rings. The Kier molecular flexibility index (Phi) is 6.67. The van der Waals surface area contributed by atoms with Gasteiger partial charge >= 0.3 is 18.3 Å². The number of para-hydroxylation sites is 1. The van der Waals surface area contributed by atoms with Crippen LogP contribution in [0.1, 0.15) is 15.9 Å². The normalized spacial score (nSPS) is 11.7. The van der Waals surface area contributed by atoms with E-state index >= 15 is 0 Å². The first-order chi connectivity index (χ1) is 13.5. The highest BCUT2D eigenvalue weighted by Gasteiger charge is 2.33. The Morgan fingerprint density at radius 2 is 1.69 bits per heavy atom. The summed E-state index contributed by atoms with van der Waals surface area (Å²) in [6.07, 6.45) is -8.38. The van der Waals surface area contributed by atoms with Crippen molar-refractivity contribution in [1.82, 2.24) is 4.98 Å². The van der Waals surface area contributed by atoms with Gasteiger partial charge < -0.3 is 14.8 Å². The summed E-state index contributed by atoms with van der Waals surface area (Å²) in [4.78, 5) is 27.1. The molecule has 12 heteroatoms. The minimum Gasteiger partial charge on any atom is -0.468 e. The number of nitrogens with zero attached hydrogens (tertiary/aromatic N) is 1. The summed E-state index contributed by atoms with van der Waals surface area (Å²) >= 11 is 0. The smallest absolute Gasteiger partial charge is 0.422 e. The average molecular weight is 422 g/mol. The molecule has 0 spiro atoms. The maximum Gasteiger partial charge on any atom is 0.422 e. The molecule has 0 saturated heterocycles. The molecule has 0 fully saturated rings. The highest BCUT2D eigenvalue weighted by molar-refractivity contribution is 5.95. The van der Waals surface area contributed by atoms with Crippen LogP contribution in [-0.4, -0.2) is 36.3 Å². The highest BCUT2D eigenvalue weighted by Crippen LogP contribution is 2.34. The molecule has 1 amide bonds. The van der Waals surface area contributed by atoms with E-state index in [2.05, 4.69) is 14.5 Å². The van der Waals surface area contributed by atoms with Crippen LogP contribution in [-0.2, 0) is 15.7 Å². The van der Waals surface area contributed by atoms with Gasteiger partial charge in [-0.2, -0.15) is 26.3 Å². The van der Waals surface area contributed by atoms with Gasteiger partial charge in [0.25, 0.3) is 5.91 Å². The number of rotatable bonds is 6. The molecular weight excluding hydrogens is 410 g/mol. The number of carbonyl (C=O) groups is 2. The first-order valence-electron chi connectivity index (χ1n) is 7.74. The van der Waals surface area contributed by atoms with Crippen LogP contribution in [0.5, 0.6) is 5.88 Å². The van der Waals surface area contributed by atoms with Crippen LogP contribution < -0.4 is 10.1 Å². The summed E-state index contributed by atoms with van der Waals surface area (Å²) in [5.41, 5.74) is -1.78. The summed E-state index contributed by atoms with van der Waals surface area (Å²) in [5.74, 6) is -2.47. The molecule has 0 unspecified atom stereocenters. The summed E-state index contributed by atoms with van der Waals surface area (Å²) < 4.78 is 83.8. The van der Waals surface area contributed by atoms with E-state index in [1.54, 1.807) is 0 Å². The first kappa shape index (κ1) is 22.0. The number of pyridine rings is 1. The van der Waals surface area contributed by atoms with Crippen LogP contribution >= 0.6 is 0 Å². The Hall–Kier alpha value is -3.31. The van der Waals surface area contributed by atoms with Crippen LogP contribution in [0.4, 0.5) is 32.0 Å². The zero-order valence-corrected chi connectivity index (χ0v) is 14.3. The van der Waals surface area contributed by atoms with E-state index < -0.39 is 48.7 Å². The number of amides is 1. The molecule has 0 saturated carbocycles. The fourth-order valence-electron chi connectivity index (χ4n) is 1.98. The molecule has 2 rings (SSSR count). The Bertz CT molecular complexity index is 865. The maximum atomic E-state index is 12.9. The summed E-state index contributed by atoms with van der Waals surface area (Å²) in [6, 6.07) is 6.28. The minimum absolute atomic E-state index is 0.201. The topological polar surface area (TPSA) is 77.5 Å². The van der Waals surface area contributed by atoms with Crippen molar-refractivity contribution in [3.8, 4) is 5.88 Å². The van der Waals surface area contributed by atoms with Gasteiger partial charge in [0.2, 0.25) is 5.88 Å². The largest absolute Gasteiger partial charge is 0.468 e. The molecule has 0 aliphatic heterocycles. The predicted molar refractivity (Wildman–Crippen MR) is 86.1 cm³/mol. The van der Waals surface area contributed by atoms with Gasteiger partial charge in [0.05, 0.1) is 16.8 Å². The number of carbonyl (C=O) groups excluding carboxylic acids is 2. The van der Waals surface area contributed by atoms with E-state index in [9.17, 15) is 35.9 Å². The molecule has 156 valence electrons. The van der Waals surface area contributed by atoms with Crippen LogP contribution in [0.3, 0.4) is 0 Å². The van der Waals surface area contributed by atoms with Crippen molar-refractivity contribution in [2.75, 3.05) is 18.5 Å². The number of anilines is 1. The van der Waals surface area contributed by atoms with Crippen molar-refractivity contribution in [2.24, 2.45) is 0 Å². The lowest BCUT2D eigenvalue weighted by atomic mass is 10.1. The molecule has 1 heterocycles. The quantitative estimate of drug-likeness (QED) is 0.566. The van der Waals surface area contributed by atoms with Crippen molar-refractivity contribution in [2.45, 2.75) is 12.4 Å². The number of alkyl halides is 6. The van der Waals surface area contributed by atoms with Crippen LogP contribution in [0, 0.1) is 0 Å². The molecule has 1 aromatic carbocycles. The lowest BCUT2D eigenvalue weighted by molar-refractivity contribution is -0.154. The van der Waals surface area contributed by atoms with Crippen molar-refractivity contribution < 1.29 is 45.4 Å². The Morgan fingerprint density at radius 1 is 1.00 bits per heavy atom. The molecule has 0 aliphatic rings. The Labute approximate surface area is 159 Å². The summed E-state index contributed by atoms with van der Waals surface area (Å²) in [5, 5.41) is 1.99. The fourth-order valence-corrected chi connectivity index (χ4v) is 1.98. The third-order valence-electron chi connectivity index (χ3n) is 3.20. The second kappa shape index (κ2) is 8.80. The van der Waals surface area contributed by atoms with Gasteiger partial charge in [0.15, 0.2) is 13.2 Å². The van der Waals surface area contributed by atoms with Crippen molar-refractivity contribution in [3.05, 3.63) is 53.7 Å². The highest BCUT2D eigenvalue weighted by atomic mass is 19.4. The van der Waals surface area contributed by atoms with Gasteiger partial charge in [-0.05, 0) is 18.2 Å². The number of aromatic nitrogens is 1. The third kappa shape index (κ3) is 6.97. The number of benzene rings is 1. The van der Waals surface area contributed by atoms with Gasteiger partial charge in [-0.1, -0.05) is 12.1 Å². The third-order valence-corrected chi connectivity index (χ3v) is 3.20. The molecule has 0 bridgehead atoms. The Balaban J connectivity index is 1.90. The number of hydrogen-bond donors (Lipinski definition) is 1. The summed E-state index contributed by atoms with van der Waals surface area (Å²) in [6.45, 7) is -2.46. The van der Waals surface area contributed by atoms with Gasteiger partial charge in [-0.15, -0.1) is 0 Å². The lowest BCUT2D eigenvalue weighted by Gasteiger charge is -2.13. The SMILES string of the molecule is O=C(COC(=O)c1ccc(OCC(F)(F)F)nc1)Nc1ccccc1C(F)(F)F. The Morgan fingerprint density at radius 3 is 2.28 bits per heavy atom. The molecule has 6 nitrogen and oxygen atoms in total. The zero-order valence-electron chi connectivity index (χ0n) is 14.3. The molecular formula is C17H12F6N2O4. The minimum atomic E-state index is -4.69. The van der Waals surface area contributed by atoms with Crippen LogP contribution in [0.25, 0.3) is 0 Å². The lowest BCUT2D eigenvalue weighted by Crippen LogP contribution is -2.23. The zero-order chi connectivity index (χ0) is 21.7. The van der Waals surface area contributed by atoms with Crippen LogP contribution in [0.2, 0.25) is 0 Å². The molecule has 0 radical (unpaired) electrons. The molecule has 1 N–H and O–H groups in total. The van der Waals surface area contributed by atoms with Gasteiger partial charge in [0, 0.05) is 12.3 Å². The van der Waals surface area contributed by atoms with Gasteiger partial charge in [0.1, 0.15) is 0 Å². The van der Waals surface area contributed by atoms with E-state index in [-0.39, 0.29) is 11.4 Å². The monoisotopic (exact) mass is 422 g/mol. The van der Waals surface area contributed by atoms with Crippen LogP contribution in [0.15, 0.2) is 42.6 Å². The molecule has 29 heavy (non-hydrogen) atoms. The number of esters is 1. The molecule has 0 aliphatic carbocycles. The van der Waals surface area contributed by atoms with Crippen molar-refractivity contribution >= 4 is 17.6 Å². The van der Waals surface area contributed by atoms with E-state index in [0.717, 1.165) is 36.5 Å². The standard InChI is InChI=1S/C17H12F6N2O4/c18-16(19,20)9-29-14-6-5-10(7-24-14)15(27)28-8-13(26)25-12-4-2-1-3-11(12)17(21,22)23/h1-7H,8-9H2,(H,25,26). The van der Waals surface area contributed by atoms with Gasteiger partial charge in [-0.25, -0.2) is 9.78 Å². The fraction of sp³-hybridized carbons (Fsp3) is 0.235. The van der Waals surface area contributed by atoms with E-state index in [4.69, 9.17) is 0 Å². The van der Waals surface area contributed by atoms with Crippen molar-refractivity contribution in [3.63, 3.8) is 0 Å². The van der Waals surface area contributed by atoms with E-state index in [1.807, 2.05) is 5.32 Å².